The van der Waals surface area contributed by atoms with Crippen molar-refractivity contribution in [2.75, 3.05) is 18.1 Å². The third kappa shape index (κ3) is 6.99. The number of nitrogens with one attached hydrogen (secondary N) is 2. The molecule has 0 atom stereocenters. The third-order valence-electron chi connectivity index (χ3n) is 2.25. The maximum absolute atomic E-state index is 11.4. The minimum absolute atomic E-state index is 0.128. The normalized spacial score (nSPS) is 10.4. The summed E-state index contributed by atoms with van der Waals surface area (Å²) in [5.41, 5.74) is 0. The van der Waals surface area contributed by atoms with Crippen molar-refractivity contribution in [1.82, 2.24) is 20.5 Å². The molecule has 6 heteroatoms. The quantitative estimate of drug-likeness (QED) is 0.655. The van der Waals surface area contributed by atoms with Crippen LogP contribution in [0.3, 0.4) is 0 Å². The number of unbranched alkanes of at least 4 members (excludes halogenated alkanes) is 1. The minimum atomic E-state index is 0.128. The van der Waals surface area contributed by atoms with Crippen LogP contribution in [-0.2, 0) is 11.2 Å². The summed E-state index contributed by atoms with van der Waals surface area (Å²) in [5.74, 6) is 2.64. The molecular formula is C11H20N4OS. The maximum atomic E-state index is 11.4. The number of hydrogen-bond donors (Lipinski definition) is 2. The number of carbonyl (C=O) groups excluding carboxylic acids is 1. The van der Waals surface area contributed by atoms with Crippen molar-refractivity contribution < 1.29 is 4.79 Å². The zero-order valence-electron chi connectivity index (χ0n) is 10.2. The van der Waals surface area contributed by atoms with Crippen LogP contribution >= 0.6 is 11.8 Å². The van der Waals surface area contributed by atoms with Gasteiger partial charge in [0.1, 0.15) is 12.2 Å². The number of H-pyrrole nitrogens is 1. The van der Waals surface area contributed by atoms with E-state index in [1.807, 2.05) is 0 Å². The second kappa shape index (κ2) is 9.04. The first-order valence-electron chi connectivity index (χ1n) is 6.01. The van der Waals surface area contributed by atoms with Crippen LogP contribution in [0.1, 0.15) is 32.0 Å². The Morgan fingerprint density at radius 3 is 3.12 bits per heavy atom. The van der Waals surface area contributed by atoms with E-state index in [2.05, 4.69) is 27.4 Å². The monoisotopic (exact) mass is 256 g/mol. The Morgan fingerprint density at radius 1 is 1.53 bits per heavy atom. The van der Waals surface area contributed by atoms with E-state index in [0.717, 1.165) is 24.4 Å². The zero-order valence-corrected chi connectivity index (χ0v) is 11.1. The molecule has 0 spiro atoms. The molecule has 0 saturated heterocycles. The molecule has 1 aromatic heterocycles. The Kier molecular flexibility index (Phi) is 7.46. The highest BCUT2D eigenvalue weighted by Gasteiger charge is 2.01. The zero-order chi connectivity index (χ0) is 12.3. The van der Waals surface area contributed by atoms with Crippen molar-refractivity contribution in [2.45, 2.75) is 32.6 Å². The number of rotatable bonds is 9. The number of aromatic amines is 1. The molecule has 0 aliphatic heterocycles. The van der Waals surface area contributed by atoms with Gasteiger partial charge in [0.2, 0.25) is 5.91 Å². The molecule has 1 amide bonds. The highest BCUT2D eigenvalue weighted by atomic mass is 32.2. The molecule has 0 bridgehead atoms. The first-order valence-corrected chi connectivity index (χ1v) is 7.17. The SMILES string of the molecule is CCCCSCC(=O)NCCCc1ncn[nH]1. The van der Waals surface area contributed by atoms with E-state index in [1.165, 1.54) is 19.2 Å². The number of nitrogens with zero attached hydrogens (tertiary/aromatic N) is 2. The summed E-state index contributed by atoms with van der Waals surface area (Å²) in [6.07, 6.45) is 5.58. The van der Waals surface area contributed by atoms with Crippen LogP contribution in [0.4, 0.5) is 0 Å². The molecule has 0 aromatic carbocycles. The molecule has 0 aliphatic rings. The maximum Gasteiger partial charge on any atom is 0.229 e. The Bertz CT molecular complexity index is 302. The Balaban J connectivity index is 1.93. The molecule has 17 heavy (non-hydrogen) atoms. The van der Waals surface area contributed by atoms with E-state index >= 15 is 0 Å². The molecule has 0 radical (unpaired) electrons. The van der Waals surface area contributed by atoms with Gasteiger partial charge < -0.3 is 5.32 Å². The van der Waals surface area contributed by atoms with Crippen LogP contribution in [0.2, 0.25) is 0 Å². The molecule has 0 saturated carbocycles. The van der Waals surface area contributed by atoms with Gasteiger partial charge >= 0.3 is 0 Å². The van der Waals surface area contributed by atoms with Crippen LogP contribution in [0.25, 0.3) is 0 Å². The van der Waals surface area contributed by atoms with Gasteiger partial charge in [-0.2, -0.15) is 16.9 Å². The van der Waals surface area contributed by atoms with E-state index < -0.39 is 0 Å². The summed E-state index contributed by atoms with van der Waals surface area (Å²) in [6.45, 7) is 2.86. The Labute approximate surface area is 106 Å². The van der Waals surface area contributed by atoms with E-state index in [0.29, 0.717) is 12.3 Å². The highest BCUT2D eigenvalue weighted by molar-refractivity contribution is 7.99. The van der Waals surface area contributed by atoms with Crippen molar-refractivity contribution in [1.29, 1.82) is 0 Å². The summed E-state index contributed by atoms with van der Waals surface area (Å²) >= 11 is 1.70. The lowest BCUT2D eigenvalue weighted by Crippen LogP contribution is -2.26. The highest BCUT2D eigenvalue weighted by Crippen LogP contribution is 2.03. The second-order valence-corrected chi connectivity index (χ2v) is 4.90. The first kappa shape index (κ1) is 14.0. The fourth-order valence-electron chi connectivity index (χ4n) is 1.30. The predicted molar refractivity (Wildman–Crippen MR) is 69.9 cm³/mol. The Morgan fingerprint density at radius 2 is 2.41 bits per heavy atom. The molecular weight excluding hydrogens is 236 g/mol. The molecule has 0 fully saturated rings. The fraction of sp³-hybridized carbons (Fsp3) is 0.727. The van der Waals surface area contributed by atoms with Gasteiger partial charge in [-0.1, -0.05) is 13.3 Å². The van der Waals surface area contributed by atoms with E-state index in [-0.39, 0.29) is 5.91 Å². The summed E-state index contributed by atoms with van der Waals surface area (Å²) in [7, 11) is 0. The van der Waals surface area contributed by atoms with Gasteiger partial charge in [-0.25, -0.2) is 4.98 Å². The van der Waals surface area contributed by atoms with Gasteiger partial charge in [0.05, 0.1) is 5.75 Å². The van der Waals surface area contributed by atoms with Crippen molar-refractivity contribution in [3.8, 4) is 0 Å². The molecule has 1 rings (SSSR count). The van der Waals surface area contributed by atoms with E-state index in [4.69, 9.17) is 0 Å². The number of carbonyl (C=O) groups is 1. The smallest absolute Gasteiger partial charge is 0.229 e. The average molecular weight is 256 g/mol. The van der Waals surface area contributed by atoms with Gasteiger partial charge in [0, 0.05) is 13.0 Å². The van der Waals surface area contributed by atoms with Crippen molar-refractivity contribution in [3.63, 3.8) is 0 Å². The standard InChI is InChI=1S/C11H20N4OS/c1-2-3-7-17-8-11(16)12-6-4-5-10-13-9-14-15-10/h9H,2-8H2,1H3,(H,12,16)(H,13,14,15). The molecule has 96 valence electrons. The summed E-state index contributed by atoms with van der Waals surface area (Å²) in [6, 6.07) is 0. The predicted octanol–water partition coefficient (Wildman–Crippen LogP) is 1.39. The second-order valence-electron chi connectivity index (χ2n) is 3.79. The number of amides is 1. The van der Waals surface area contributed by atoms with Crippen molar-refractivity contribution in [3.05, 3.63) is 12.2 Å². The largest absolute Gasteiger partial charge is 0.355 e. The lowest BCUT2D eigenvalue weighted by molar-refractivity contribution is -0.118. The van der Waals surface area contributed by atoms with Crippen molar-refractivity contribution >= 4 is 17.7 Å². The van der Waals surface area contributed by atoms with E-state index in [1.54, 1.807) is 11.8 Å². The number of aryl methyl sites for hydroxylation is 1. The van der Waals surface area contributed by atoms with Gasteiger partial charge in [-0.15, -0.1) is 0 Å². The molecule has 1 heterocycles. The van der Waals surface area contributed by atoms with Crippen LogP contribution in [-0.4, -0.2) is 39.1 Å². The Hall–Kier alpha value is -1.04. The minimum Gasteiger partial charge on any atom is -0.355 e. The van der Waals surface area contributed by atoms with Crippen LogP contribution in [0.15, 0.2) is 6.33 Å². The molecule has 0 aliphatic carbocycles. The number of hydrogen-bond acceptors (Lipinski definition) is 4. The lowest BCUT2D eigenvalue weighted by Gasteiger charge is -2.04. The summed E-state index contributed by atoms with van der Waals surface area (Å²) < 4.78 is 0. The molecule has 0 unspecified atom stereocenters. The third-order valence-corrected chi connectivity index (χ3v) is 3.30. The fourth-order valence-corrected chi connectivity index (χ4v) is 2.22. The van der Waals surface area contributed by atoms with E-state index in [9.17, 15) is 4.79 Å². The van der Waals surface area contributed by atoms with Crippen LogP contribution in [0, 0.1) is 0 Å². The molecule has 2 N–H and O–H groups in total. The van der Waals surface area contributed by atoms with Crippen LogP contribution in [0.5, 0.6) is 0 Å². The summed E-state index contributed by atoms with van der Waals surface area (Å²) in [5, 5.41) is 9.46. The number of aromatic nitrogens is 3. The van der Waals surface area contributed by atoms with Crippen LogP contribution < -0.4 is 5.32 Å². The molecule has 1 aromatic rings. The van der Waals surface area contributed by atoms with Crippen molar-refractivity contribution in [2.24, 2.45) is 0 Å². The van der Waals surface area contributed by atoms with Gasteiger partial charge in [-0.05, 0) is 18.6 Å². The molecule has 5 nitrogen and oxygen atoms in total. The van der Waals surface area contributed by atoms with Gasteiger partial charge in [0.25, 0.3) is 0 Å². The number of thioether (sulfide) groups is 1. The van der Waals surface area contributed by atoms with Gasteiger partial charge in [-0.3, -0.25) is 9.89 Å². The topological polar surface area (TPSA) is 70.7 Å². The lowest BCUT2D eigenvalue weighted by atomic mass is 10.3. The van der Waals surface area contributed by atoms with Gasteiger partial charge in [0.15, 0.2) is 0 Å². The summed E-state index contributed by atoms with van der Waals surface area (Å²) in [4.78, 5) is 15.4. The average Bonchev–Trinajstić information content (AvgIpc) is 2.83. The first-order chi connectivity index (χ1) is 8.33.